The van der Waals surface area contributed by atoms with Crippen molar-refractivity contribution in [3.05, 3.63) is 47.0 Å². The molecule has 1 fully saturated rings. The van der Waals surface area contributed by atoms with E-state index in [1.165, 1.54) is 0 Å². The molecule has 1 atom stereocenters. The van der Waals surface area contributed by atoms with E-state index in [1.807, 2.05) is 36.2 Å². The van der Waals surface area contributed by atoms with E-state index < -0.39 is 0 Å². The molecule has 1 aliphatic heterocycles. The molecule has 1 unspecified atom stereocenters. The smallest absolute Gasteiger partial charge is 0.321 e. The van der Waals surface area contributed by atoms with Crippen LogP contribution in [-0.4, -0.2) is 34.0 Å². The van der Waals surface area contributed by atoms with Crippen molar-refractivity contribution in [2.24, 2.45) is 0 Å². The highest BCUT2D eigenvalue weighted by Crippen LogP contribution is 2.27. The summed E-state index contributed by atoms with van der Waals surface area (Å²) >= 11 is 6.24. The Kier molecular flexibility index (Phi) is 4.34. The maximum atomic E-state index is 12.5. The maximum absolute atomic E-state index is 12.5. The van der Waals surface area contributed by atoms with Crippen molar-refractivity contribution in [1.29, 1.82) is 0 Å². The van der Waals surface area contributed by atoms with E-state index in [0.717, 1.165) is 30.8 Å². The summed E-state index contributed by atoms with van der Waals surface area (Å²) in [7, 11) is 0. The van der Waals surface area contributed by atoms with Gasteiger partial charge in [-0.2, -0.15) is 0 Å². The molecule has 116 valence electrons. The molecule has 22 heavy (non-hydrogen) atoms. The van der Waals surface area contributed by atoms with Crippen molar-refractivity contribution in [3.8, 4) is 0 Å². The number of benzene rings is 1. The Bertz CT molecular complexity index is 656. The zero-order valence-corrected chi connectivity index (χ0v) is 13.2. The van der Waals surface area contributed by atoms with Crippen LogP contribution in [0.2, 0.25) is 5.02 Å². The summed E-state index contributed by atoms with van der Waals surface area (Å²) in [6.45, 7) is 3.35. The highest BCUT2D eigenvalue weighted by Gasteiger charge is 2.26. The van der Waals surface area contributed by atoms with Gasteiger partial charge < -0.3 is 15.2 Å². The summed E-state index contributed by atoms with van der Waals surface area (Å²) < 4.78 is 0. The Morgan fingerprint density at radius 1 is 1.50 bits per heavy atom. The van der Waals surface area contributed by atoms with E-state index in [9.17, 15) is 4.79 Å². The van der Waals surface area contributed by atoms with Crippen LogP contribution in [0.1, 0.15) is 30.1 Å². The minimum absolute atomic E-state index is 0.108. The molecule has 1 saturated heterocycles. The van der Waals surface area contributed by atoms with Crippen LogP contribution >= 0.6 is 11.6 Å². The molecule has 1 aromatic heterocycles. The molecule has 0 bridgehead atoms. The fourth-order valence-corrected chi connectivity index (χ4v) is 3.00. The summed E-state index contributed by atoms with van der Waals surface area (Å²) in [6.07, 6.45) is 5.59. The molecule has 1 aromatic carbocycles. The average Bonchev–Trinajstić information content (AvgIpc) is 3.06. The molecule has 2 N–H and O–H groups in total. The monoisotopic (exact) mass is 318 g/mol. The number of piperidine rings is 1. The van der Waals surface area contributed by atoms with Crippen LogP contribution in [0, 0.1) is 6.92 Å². The molecule has 2 amide bonds. The predicted molar refractivity (Wildman–Crippen MR) is 87.3 cm³/mol. The highest BCUT2D eigenvalue weighted by atomic mass is 35.5. The van der Waals surface area contributed by atoms with Crippen LogP contribution in [0.25, 0.3) is 0 Å². The van der Waals surface area contributed by atoms with Crippen molar-refractivity contribution in [3.63, 3.8) is 0 Å². The summed E-state index contributed by atoms with van der Waals surface area (Å²) in [4.78, 5) is 21.8. The zero-order valence-electron chi connectivity index (χ0n) is 12.5. The van der Waals surface area contributed by atoms with Crippen molar-refractivity contribution >= 4 is 23.3 Å². The first-order valence-corrected chi connectivity index (χ1v) is 7.83. The van der Waals surface area contributed by atoms with Crippen molar-refractivity contribution in [2.45, 2.75) is 25.7 Å². The minimum atomic E-state index is -0.108. The van der Waals surface area contributed by atoms with Crippen LogP contribution in [0.15, 0.2) is 30.6 Å². The summed E-state index contributed by atoms with van der Waals surface area (Å²) in [6, 6.07) is 5.52. The number of rotatable bonds is 2. The topological polar surface area (TPSA) is 61.0 Å². The number of likely N-dealkylation sites (tertiary alicyclic amines) is 1. The molecule has 0 saturated carbocycles. The van der Waals surface area contributed by atoms with Crippen LogP contribution in [0.5, 0.6) is 0 Å². The van der Waals surface area contributed by atoms with Gasteiger partial charge in [0, 0.05) is 31.4 Å². The standard InChI is InChI=1S/C16H19ClN4O/c1-11-4-2-6-13(14(11)17)20-16(22)21-9-3-5-12(10-21)15-18-7-8-19-15/h2,4,6-8,12H,3,5,9-10H2,1H3,(H,18,19)(H,20,22). The van der Waals surface area contributed by atoms with Gasteiger partial charge in [-0.1, -0.05) is 23.7 Å². The van der Waals surface area contributed by atoms with Crippen molar-refractivity contribution in [2.75, 3.05) is 18.4 Å². The second-order valence-corrected chi connectivity index (χ2v) is 6.00. The van der Waals surface area contributed by atoms with Crippen molar-refractivity contribution < 1.29 is 4.79 Å². The Balaban J connectivity index is 1.68. The van der Waals surface area contributed by atoms with Gasteiger partial charge in [-0.15, -0.1) is 0 Å². The number of aryl methyl sites for hydroxylation is 1. The van der Waals surface area contributed by atoms with Gasteiger partial charge in [-0.05, 0) is 31.4 Å². The number of nitrogens with one attached hydrogen (secondary N) is 2. The number of nitrogens with zero attached hydrogens (tertiary/aromatic N) is 2. The van der Waals surface area contributed by atoms with E-state index in [0.29, 0.717) is 17.3 Å². The van der Waals surface area contributed by atoms with Gasteiger partial charge in [0.2, 0.25) is 0 Å². The number of carbonyl (C=O) groups is 1. The lowest BCUT2D eigenvalue weighted by molar-refractivity contribution is 0.191. The Morgan fingerprint density at radius 2 is 2.36 bits per heavy atom. The number of imidazole rings is 1. The molecule has 0 aliphatic carbocycles. The average molecular weight is 319 g/mol. The van der Waals surface area contributed by atoms with Gasteiger partial charge in [0.25, 0.3) is 0 Å². The van der Waals surface area contributed by atoms with E-state index in [2.05, 4.69) is 15.3 Å². The first kappa shape index (κ1) is 14.9. The summed E-state index contributed by atoms with van der Waals surface area (Å²) in [5.74, 6) is 1.22. The Morgan fingerprint density at radius 3 is 3.14 bits per heavy atom. The van der Waals surface area contributed by atoms with Gasteiger partial charge in [0.15, 0.2) is 0 Å². The lowest BCUT2D eigenvalue weighted by Gasteiger charge is -2.32. The molecular formula is C16H19ClN4O. The second-order valence-electron chi connectivity index (χ2n) is 5.63. The summed E-state index contributed by atoms with van der Waals surface area (Å²) in [5, 5.41) is 3.50. The van der Waals surface area contributed by atoms with Crippen molar-refractivity contribution in [1.82, 2.24) is 14.9 Å². The number of H-pyrrole nitrogens is 1. The van der Waals surface area contributed by atoms with E-state index in [1.54, 1.807) is 6.20 Å². The lowest BCUT2D eigenvalue weighted by Crippen LogP contribution is -2.41. The van der Waals surface area contributed by atoms with Gasteiger partial charge in [-0.25, -0.2) is 9.78 Å². The SMILES string of the molecule is Cc1cccc(NC(=O)N2CCCC(c3ncc[nH]3)C2)c1Cl. The Labute approximate surface area is 134 Å². The van der Waals surface area contributed by atoms with E-state index >= 15 is 0 Å². The maximum Gasteiger partial charge on any atom is 0.321 e. The minimum Gasteiger partial charge on any atom is -0.348 e. The highest BCUT2D eigenvalue weighted by molar-refractivity contribution is 6.34. The third kappa shape index (κ3) is 3.09. The molecule has 0 radical (unpaired) electrons. The normalized spacial score (nSPS) is 18.3. The molecule has 2 heterocycles. The van der Waals surface area contributed by atoms with Gasteiger partial charge >= 0.3 is 6.03 Å². The first-order chi connectivity index (χ1) is 10.6. The fraction of sp³-hybridized carbons (Fsp3) is 0.375. The Hall–Kier alpha value is -2.01. The third-order valence-corrected chi connectivity index (χ3v) is 4.55. The molecule has 6 heteroatoms. The first-order valence-electron chi connectivity index (χ1n) is 7.45. The lowest BCUT2D eigenvalue weighted by atomic mass is 9.98. The quantitative estimate of drug-likeness (QED) is 0.885. The number of anilines is 1. The van der Waals surface area contributed by atoms with Crippen LogP contribution < -0.4 is 5.32 Å². The molecule has 3 rings (SSSR count). The number of aromatic nitrogens is 2. The molecule has 0 spiro atoms. The van der Waals surface area contributed by atoms with Gasteiger partial charge in [-0.3, -0.25) is 0 Å². The number of carbonyl (C=O) groups excluding carboxylic acids is 1. The van der Waals surface area contributed by atoms with E-state index in [-0.39, 0.29) is 11.9 Å². The van der Waals surface area contributed by atoms with E-state index in [4.69, 9.17) is 11.6 Å². The third-order valence-electron chi connectivity index (χ3n) is 4.05. The van der Waals surface area contributed by atoms with Gasteiger partial charge in [0.1, 0.15) is 5.82 Å². The number of hydrogen-bond acceptors (Lipinski definition) is 2. The second kappa shape index (κ2) is 6.40. The molecule has 5 nitrogen and oxygen atoms in total. The number of aromatic amines is 1. The number of amides is 2. The molecule has 1 aliphatic rings. The number of urea groups is 1. The molecule has 2 aromatic rings. The van der Waals surface area contributed by atoms with Crippen LogP contribution in [0.4, 0.5) is 10.5 Å². The zero-order chi connectivity index (χ0) is 15.5. The summed E-state index contributed by atoms with van der Waals surface area (Å²) in [5.41, 5.74) is 1.61. The number of hydrogen-bond donors (Lipinski definition) is 2. The largest absolute Gasteiger partial charge is 0.348 e. The van der Waals surface area contributed by atoms with Crippen LogP contribution in [0.3, 0.4) is 0 Å². The predicted octanol–water partition coefficient (Wildman–Crippen LogP) is 3.78. The molecular weight excluding hydrogens is 300 g/mol. The van der Waals surface area contributed by atoms with Crippen LogP contribution in [-0.2, 0) is 0 Å². The number of halogens is 1. The van der Waals surface area contributed by atoms with Gasteiger partial charge in [0.05, 0.1) is 10.7 Å². The fourth-order valence-electron chi connectivity index (χ4n) is 2.82.